The molecule has 4 rings (SSSR count). The molecule has 190 valence electrons. The van der Waals surface area contributed by atoms with Gasteiger partial charge in [0.2, 0.25) is 11.1 Å². The first-order valence-electron chi connectivity index (χ1n) is 12.6. The van der Waals surface area contributed by atoms with Gasteiger partial charge in [-0.05, 0) is 42.4 Å². The zero-order valence-electron chi connectivity index (χ0n) is 21.2. The number of ether oxygens (including phenoxy) is 2. The van der Waals surface area contributed by atoms with Crippen molar-refractivity contribution in [2.24, 2.45) is 0 Å². The number of allylic oxidation sites excluding steroid dienone is 1. The van der Waals surface area contributed by atoms with Gasteiger partial charge in [0, 0.05) is 5.70 Å². The van der Waals surface area contributed by atoms with E-state index in [1.807, 2.05) is 61.5 Å². The van der Waals surface area contributed by atoms with Crippen LogP contribution in [0.4, 0.5) is 5.95 Å². The molecule has 0 bridgehead atoms. The molecule has 0 spiro atoms. The number of carbonyl (C=O) groups excluding carboxylic acids is 1. The van der Waals surface area contributed by atoms with Crippen LogP contribution in [-0.2, 0) is 16.1 Å². The number of rotatable bonds is 12. The number of aromatic nitrogens is 3. The molecular formula is C28H34N4O3S. The van der Waals surface area contributed by atoms with Crippen LogP contribution in [0.3, 0.4) is 0 Å². The maximum atomic E-state index is 13.4. The number of nitrogens with zero attached hydrogens (tertiary/aromatic N) is 3. The fourth-order valence-electron chi connectivity index (χ4n) is 4.16. The summed E-state index contributed by atoms with van der Waals surface area (Å²) in [5, 5.41) is 8.64. The first-order valence-corrected chi connectivity index (χ1v) is 13.6. The van der Waals surface area contributed by atoms with Gasteiger partial charge in [-0.1, -0.05) is 87.3 Å². The molecule has 1 aromatic heterocycles. The average molecular weight is 507 g/mol. The van der Waals surface area contributed by atoms with Crippen LogP contribution in [0, 0.1) is 0 Å². The number of benzene rings is 2. The number of unbranched alkanes of at least 4 members (excludes halogenated alkanes) is 3. The fourth-order valence-corrected chi connectivity index (χ4v) is 4.72. The molecule has 0 amide bonds. The second-order valence-electron chi connectivity index (χ2n) is 8.70. The van der Waals surface area contributed by atoms with Crippen LogP contribution in [0.5, 0.6) is 5.75 Å². The topological polar surface area (TPSA) is 78.3 Å². The molecule has 0 radical (unpaired) electrons. The van der Waals surface area contributed by atoms with Crippen LogP contribution in [0.1, 0.15) is 63.6 Å². The quantitative estimate of drug-likeness (QED) is 0.173. The van der Waals surface area contributed by atoms with E-state index in [1.54, 1.807) is 16.4 Å². The van der Waals surface area contributed by atoms with Crippen LogP contribution >= 0.6 is 11.8 Å². The van der Waals surface area contributed by atoms with E-state index in [2.05, 4.69) is 24.1 Å². The van der Waals surface area contributed by atoms with E-state index in [-0.39, 0.29) is 12.6 Å². The lowest BCUT2D eigenvalue weighted by Gasteiger charge is -2.28. The minimum absolute atomic E-state index is 0.204. The average Bonchev–Trinajstić information content (AvgIpc) is 3.29. The van der Waals surface area contributed by atoms with Gasteiger partial charge in [0.15, 0.2) is 0 Å². The largest absolute Gasteiger partial charge is 0.494 e. The number of thioether (sulfide) groups is 1. The van der Waals surface area contributed by atoms with Crippen molar-refractivity contribution in [1.29, 1.82) is 0 Å². The van der Waals surface area contributed by atoms with Gasteiger partial charge in [0.25, 0.3) is 0 Å². The van der Waals surface area contributed by atoms with Crippen molar-refractivity contribution in [3.05, 3.63) is 77.0 Å². The number of hydrogen-bond acceptors (Lipinski definition) is 7. The summed E-state index contributed by atoms with van der Waals surface area (Å²) in [4.78, 5) is 18.0. The third kappa shape index (κ3) is 6.29. The molecule has 1 atom stereocenters. The Morgan fingerprint density at radius 2 is 1.83 bits per heavy atom. The molecule has 2 aromatic carbocycles. The van der Waals surface area contributed by atoms with Gasteiger partial charge in [-0.3, -0.25) is 0 Å². The fraction of sp³-hybridized carbons (Fsp3) is 0.393. The Kier molecular flexibility index (Phi) is 9.06. The highest BCUT2D eigenvalue weighted by molar-refractivity contribution is 7.99. The minimum atomic E-state index is -0.457. The highest BCUT2D eigenvalue weighted by Gasteiger charge is 2.35. The summed E-state index contributed by atoms with van der Waals surface area (Å²) in [5.74, 6) is 1.91. The summed E-state index contributed by atoms with van der Waals surface area (Å²) in [6.45, 7) is 7.05. The molecule has 0 saturated heterocycles. The van der Waals surface area contributed by atoms with E-state index in [9.17, 15) is 4.79 Å². The number of nitrogens with one attached hydrogen (secondary N) is 1. The van der Waals surface area contributed by atoms with Gasteiger partial charge >= 0.3 is 5.97 Å². The third-order valence-electron chi connectivity index (χ3n) is 6.00. The Hall–Kier alpha value is -3.26. The van der Waals surface area contributed by atoms with E-state index in [0.29, 0.717) is 29.0 Å². The Labute approximate surface area is 217 Å². The van der Waals surface area contributed by atoms with Crippen LogP contribution in [0.2, 0.25) is 0 Å². The van der Waals surface area contributed by atoms with Crippen molar-refractivity contribution in [3.63, 3.8) is 0 Å². The molecule has 2 heterocycles. The molecule has 1 unspecified atom stereocenters. The molecule has 3 aromatic rings. The van der Waals surface area contributed by atoms with Gasteiger partial charge in [-0.2, -0.15) is 4.98 Å². The third-order valence-corrected chi connectivity index (χ3v) is 6.72. The summed E-state index contributed by atoms with van der Waals surface area (Å²) in [7, 11) is 0. The molecule has 1 aliphatic rings. The molecule has 7 nitrogen and oxygen atoms in total. The number of carbonyl (C=O) groups is 1. The normalized spacial score (nSPS) is 14.8. The van der Waals surface area contributed by atoms with Gasteiger partial charge in [-0.25, -0.2) is 9.48 Å². The smallest absolute Gasteiger partial charge is 0.338 e. The van der Waals surface area contributed by atoms with Crippen LogP contribution in [-0.4, -0.2) is 33.1 Å². The zero-order valence-corrected chi connectivity index (χ0v) is 22.0. The van der Waals surface area contributed by atoms with E-state index >= 15 is 0 Å². The number of fused-ring (bicyclic) bond motifs is 1. The number of esters is 1. The summed E-state index contributed by atoms with van der Waals surface area (Å²) >= 11 is 1.56. The van der Waals surface area contributed by atoms with Gasteiger partial charge in [0.05, 0.1) is 12.2 Å². The lowest BCUT2D eigenvalue weighted by molar-refractivity contribution is -0.140. The molecule has 0 aliphatic carbocycles. The number of anilines is 1. The van der Waals surface area contributed by atoms with E-state index in [1.165, 1.54) is 19.3 Å². The van der Waals surface area contributed by atoms with Crippen LogP contribution < -0.4 is 10.1 Å². The SMILES string of the molecule is CCCCCCOc1ccc(C2C(C(=O)OCc3ccccc3)=C(C)Nc3nc(SCC)nn32)cc1. The second kappa shape index (κ2) is 12.6. The Morgan fingerprint density at radius 3 is 2.56 bits per heavy atom. The van der Waals surface area contributed by atoms with Crippen molar-refractivity contribution in [1.82, 2.24) is 14.8 Å². The predicted octanol–water partition coefficient (Wildman–Crippen LogP) is 6.38. The van der Waals surface area contributed by atoms with Crippen molar-refractivity contribution < 1.29 is 14.3 Å². The predicted molar refractivity (Wildman–Crippen MR) is 143 cm³/mol. The molecule has 0 fully saturated rings. The van der Waals surface area contributed by atoms with Crippen molar-refractivity contribution in [2.45, 2.75) is 64.3 Å². The molecule has 1 aliphatic heterocycles. The van der Waals surface area contributed by atoms with Crippen molar-refractivity contribution in [2.75, 3.05) is 17.7 Å². The summed E-state index contributed by atoms with van der Waals surface area (Å²) in [6, 6.07) is 17.1. The second-order valence-corrected chi connectivity index (χ2v) is 9.93. The lowest BCUT2D eigenvalue weighted by atomic mass is 9.95. The highest BCUT2D eigenvalue weighted by atomic mass is 32.2. The summed E-state index contributed by atoms with van der Waals surface area (Å²) in [6.07, 6.45) is 4.65. The van der Waals surface area contributed by atoms with Crippen molar-refractivity contribution in [3.8, 4) is 5.75 Å². The maximum absolute atomic E-state index is 13.4. The lowest BCUT2D eigenvalue weighted by Crippen LogP contribution is -2.29. The first kappa shape index (κ1) is 25.8. The minimum Gasteiger partial charge on any atom is -0.494 e. The molecule has 8 heteroatoms. The monoisotopic (exact) mass is 506 g/mol. The van der Waals surface area contributed by atoms with Crippen LogP contribution in [0.15, 0.2) is 71.0 Å². The van der Waals surface area contributed by atoms with E-state index < -0.39 is 6.04 Å². The maximum Gasteiger partial charge on any atom is 0.338 e. The molecule has 1 N–H and O–H groups in total. The molecule has 36 heavy (non-hydrogen) atoms. The Bertz CT molecular complexity index is 1180. The number of hydrogen-bond donors (Lipinski definition) is 1. The summed E-state index contributed by atoms with van der Waals surface area (Å²) in [5.41, 5.74) is 3.08. The standard InChI is InChI=1S/C28H34N4O3S/c1-4-6-7-11-18-34-23-16-14-22(15-17-23)25-24(26(33)35-19-21-12-9-8-10-13-21)20(3)29-27-30-28(36-5-2)31-32(25)27/h8-10,12-17,25H,4-7,11,18-19H2,1-3H3,(H,29,30,31). The Morgan fingerprint density at radius 1 is 1.06 bits per heavy atom. The highest BCUT2D eigenvalue weighted by Crippen LogP contribution is 2.37. The van der Waals surface area contributed by atoms with Gasteiger partial charge in [-0.15, -0.1) is 5.10 Å². The van der Waals surface area contributed by atoms with Gasteiger partial charge < -0.3 is 14.8 Å². The zero-order chi connectivity index (χ0) is 25.3. The first-order chi connectivity index (χ1) is 17.6. The van der Waals surface area contributed by atoms with Crippen LogP contribution in [0.25, 0.3) is 0 Å². The molecule has 0 saturated carbocycles. The van der Waals surface area contributed by atoms with Gasteiger partial charge in [0.1, 0.15) is 18.4 Å². The Balaban J connectivity index is 1.58. The van der Waals surface area contributed by atoms with E-state index in [4.69, 9.17) is 14.6 Å². The van der Waals surface area contributed by atoms with Crippen molar-refractivity contribution >= 4 is 23.7 Å². The van der Waals surface area contributed by atoms with E-state index in [0.717, 1.165) is 29.1 Å². The molecular weight excluding hydrogens is 472 g/mol. The summed E-state index contributed by atoms with van der Waals surface area (Å²) < 4.78 is 13.5.